The molecule has 0 aromatic heterocycles. The molecule has 6 rings (SSSR count). The lowest BCUT2D eigenvalue weighted by Gasteiger charge is -2.37. The van der Waals surface area contributed by atoms with Crippen molar-refractivity contribution in [3.8, 4) is 0 Å². The summed E-state index contributed by atoms with van der Waals surface area (Å²) in [6.07, 6.45) is -3.46. The molecular formula is C24H19ClF3N3O3. The molecule has 0 bridgehead atoms. The minimum atomic E-state index is -4.75. The summed E-state index contributed by atoms with van der Waals surface area (Å²) in [6, 6.07) is 7.47. The molecule has 3 amide bonds. The zero-order valence-corrected chi connectivity index (χ0v) is 18.7. The van der Waals surface area contributed by atoms with Gasteiger partial charge in [0.2, 0.25) is 17.7 Å². The molecule has 0 aliphatic carbocycles. The number of anilines is 2. The molecule has 4 aliphatic rings. The lowest BCUT2D eigenvalue weighted by Crippen LogP contribution is -2.54. The Kier molecular flexibility index (Phi) is 4.34. The number of hydrogen-bond donors (Lipinski definition) is 1. The maximum Gasteiger partial charge on any atom is 0.418 e. The average Bonchev–Trinajstić information content (AvgIpc) is 3.49. The Hall–Kier alpha value is -2.91. The van der Waals surface area contributed by atoms with Crippen molar-refractivity contribution in [1.29, 1.82) is 0 Å². The number of amides is 3. The Balaban J connectivity index is 1.57. The first kappa shape index (κ1) is 21.6. The molecule has 4 aliphatic heterocycles. The van der Waals surface area contributed by atoms with Crippen LogP contribution in [-0.4, -0.2) is 35.2 Å². The van der Waals surface area contributed by atoms with Gasteiger partial charge in [-0.05, 0) is 50.1 Å². The van der Waals surface area contributed by atoms with Crippen molar-refractivity contribution >= 4 is 40.7 Å². The third kappa shape index (κ3) is 2.43. The van der Waals surface area contributed by atoms with Crippen molar-refractivity contribution < 1.29 is 27.6 Å². The van der Waals surface area contributed by atoms with Gasteiger partial charge < -0.3 is 5.32 Å². The molecule has 3 fully saturated rings. The van der Waals surface area contributed by atoms with E-state index in [0.29, 0.717) is 46.1 Å². The first-order valence-electron chi connectivity index (χ1n) is 11.0. The van der Waals surface area contributed by atoms with Gasteiger partial charge in [-0.25, -0.2) is 4.90 Å². The predicted octanol–water partition coefficient (Wildman–Crippen LogP) is 4.10. The number of alkyl halides is 3. The van der Waals surface area contributed by atoms with Crippen LogP contribution in [0, 0.1) is 18.8 Å². The molecule has 10 heteroatoms. The Bertz CT molecular complexity index is 1300. The fraction of sp³-hybridized carbons (Fsp3) is 0.375. The number of nitrogens with one attached hydrogen (secondary N) is 1. The Morgan fingerprint density at radius 1 is 1.09 bits per heavy atom. The molecule has 0 unspecified atom stereocenters. The second-order valence-corrected chi connectivity index (χ2v) is 9.66. The summed E-state index contributed by atoms with van der Waals surface area (Å²) in [6.45, 7) is 2.26. The van der Waals surface area contributed by atoms with Gasteiger partial charge in [-0.1, -0.05) is 29.8 Å². The van der Waals surface area contributed by atoms with E-state index in [1.54, 1.807) is 19.1 Å². The van der Waals surface area contributed by atoms with Crippen LogP contribution in [0.5, 0.6) is 0 Å². The van der Waals surface area contributed by atoms with Crippen LogP contribution in [0.1, 0.15) is 29.5 Å². The van der Waals surface area contributed by atoms with E-state index in [-0.39, 0.29) is 0 Å². The summed E-state index contributed by atoms with van der Waals surface area (Å²) in [5.74, 6) is -3.96. The largest absolute Gasteiger partial charge is 0.418 e. The molecule has 4 atom stereocenters. The van der Waals surface area contributed by atoms with E-state index in [4.69, 9.17) is 11.6 Å². The summed E-state index contributed by atoms with van der Waals surface area (Å²) in [4.78, 5) is 43.8. The maximum atomic E-state index is 13.9. The van der Waals surface area contributed by atoms with E-state index < -0.39 is 58.6 Å². The Morgan fingerprint density at radius 2 is 1.82 bits per heavy atom. The monoisotopic (exact) mass is 489 g/mol. The number of halogens is 4. The number of carbonyl (C=O) groups excluding carboxylic acids is 3. The van der Waals surface area contributed by atoms with Crippen LogP contribution < -0.4 is 10.2 Å². The molecule has 6 nitrogen and oxygen atoms in total. The molecule has 3 saturated heterocycles. The third-order valence-electron chi connectivity index (χ3n) is 7.81. The smallest absolute Gasteiger partial charge is 0.324 e. The van der Waals surface area contributed by atoms with Crippen LogP contribution in [0.25, 0.3) is 0 Å². The molecule has 4 heterocycles. The quantitative estimate of drug-likeness (QED) is 0.612. The van der Waals surface area contributed by atoms with E-state index >= 15 is 0 Å². The first-order chi connectivity index (χ1) is 16.1. The highest BCUT2D eigenvalue weighted by Crippen LogP contribution is 2.61. The number of hydrogen-bond acceptors (Lipinski definition) is 4. The van der Waals surface area contributed by atoms with E-state index in [1.807, 2.05) is 4.90 Å². The summed E-state index contributed by atoms with van der Waals surface area (Å²) < 4.78 is 41.3. The van der Waals surface area contributed by atoms with Gasteiger partial charge in [-0.2, -0.15) is 13.2 Å². The summed E-state index contributed by atoms with van der Waals surface area (Å²) in [5.41, 5.74) is -1.34. The van der Waals surface area contributed by atoms with Crippen LogP contribution in [0.2, 0.25) is 5.02 Å². The molecule has 34 heavy (non-hydrogen) atoms. The number of fused-ring (bicyclic) bond motifs is 7. The van der Waals surface area contributed by atoms with Gasteiger partial charge in [0.25, 0.3) is 0 Å². The number of para-hydroxylation sites is 1. The number of nitrogens with zero attached hydrogens (tertiary/aromatic N) is 2. The van der Waals surface area contributed by atoms with Gasteiger partial charge >= 0.3 is 6.18 Å². The highest BCUT2D eigenvalue weighted by molar-refractivity contribution is 6.32. The average molecular weight is 490 g/mol. The van der Waals surface area contributed by atoms with Gasteiger partial charge in [0.15, 0.2) is 0 Å². The topological polar surface area (TPSA) is 69.7 Å². The fourth-order valence-electron chi connectivity index (χ4n) is 6.54. The molecule has 1 N–H and O–H groups in total. The third-order valence-corrected chi connectivity index (χ3v) is 8.22. The van der Waals surface area contributed by atoms with Crippen molar-refractivity contribution in [3.63, 3.8) is 0 Å². The van der Waals surface area contributed by atoms with Crippen LogP contribution in [0.15, 0.2) is 36.4 Å². The van der Waals surface area contributed by atoms with E-state index in [9.17, 15) is 27.6 Å². The van der Waals surface area contributed by atoms with Crippen molar-refractivity contribution in [2.75, 3.05) is 16.8 Å². The van der Waals surface area contributed by atoms with E-state index in [0.717, 1.165) is 12.1 Å². The van der Waals surface area contributed by atoms with Crippen molar-refractivity contribution in [2.24, 2.45) is 11.8 Å². The van der Waals surface area contributed by atoms with Gasteiger partial charge in [-0.15, -0.1) is 0 Å². The highest BCUT2D eigenvalue weighted by Gasteiger charge is 2.75. The normalized spacial score (nSPS) is 30.2. The first-order valence-corrected chi connectivity index (χ1v) is 11.4. The SMILES string of the molecule is Cc1c(Cl)ccc2c1NC(=O)[C@]21[C@@H]2C(=O)N(c3ccccc3C(F)(F)F)C(=O)[C@@H]2[C@@H]2CCCN21. The van der Waals surface area contributed by atoms with Crippen LogP contribution in [0.4, 0.5) is 24.5 Å². The molecule has 0 radical (unpaired) electrons. The highest BCUT2D eigenvalue weighted by atomic mass is 35.5. The molecule has 176 valence electrons. The maximum absolute atomic E-state index is 13.9. The second-order valence-electron chi connectivity index (χ2n) is 9.25. The predicted molar refractivity (Wildman–Crippen MR) is 117 cm³/mol. The number of imide groups is 1. The number of benzene rings is 2. The van der Waals surface area contributed by atoms with Gasteiger partial charge in [-0.3, -0.25) is 19.3 Å². The molecule has 1 spiro atoms. The summed E-state index contributed by atoms with van der Waals surface area (Å²) in [5, 5.41) is 3.31. The zero-order chi connectivity index (χ0) is 24.2. The van der Waals surface area contributed by atoms with Gasteiger partial charge in [0, 0.05) is 16.6 Å². The lowest BCUT2D eigenvalue weighted by molar-refractivity contribution is -0.138. The van der Waals surface area contributed by atoms with Crippen LogP contribution >= 0.6 is 11.6 Å². The van der Waals surface area contributed by atoms with Gasteiger partial charge in [0.05, 0.1) is 28.8 Å². The van der Waals surface area contributed by atoms with Gasteiger partial charge in [0.1, 0.15) is 5.54 Å². The Morgan fingerprint density at radius 3 is 2.56 bits per heavy atom. The zero-order valence-electron chi connectivity index (χ0n) is 17.9. The van der Waals surface area contributed by atoms with Crippen LogP contribution in [-0.2, 0) is 26.1 Å². The number of rotatable bonds is 1. The summed E-state index contributed by atoms with van der Waals surface area (Å²) >= 11 is 6.27. The Labute approximate surface area is 197 Å². The van der Waals surface area contributed by atoms with Crippen molar-refractivity contribution in [1.82, 2.24) is 4.90 Å². The van der Waals surface area contributed by atoms with E-state index in [1.165, 1.54) is 12.1 Å². The fourth-order valence-corrected chi connectivity index (χ4v) is 6.69. The lowest BCUT2D eigenvalue weighted by atomic mass is 9.75. The standard InChI is InChI=1S/C24H19ClF3N3O3/c1-11-14(25)9-8-13-19(11)29-22(34)23(13)18-17(16-7-4-10-30(16)23)20(32)31(21(18)33)15-6-3-2-5-12(15)24(26,27)28/h2-3,5-6,8-9,16-18H,4,7,10H2,1H3,(H,29,34)/t16-,17+,18-,23+/m0/s1. The van der Waals surface area contributed by atoms with Crippen molar-refractivity contribution in [2.45, 2.75) is 37.5 Å². The second kappa shape index (κ2) is 6.82. The summed E-state index contributed by atoms with van der Waals surface area (Å²) in [7, 11) is 0. The van der Waals surface area contributed by atoms with Crippen LogP contribution in [0.3, 0.4) is 0 Å². The molecule has 2 aromatic rings. The minimum absolute atomic E-state index is 0.419. The molecule has 0 saturated carbocycles. The number of carbonyl (C=O) groups is 3. The van der Waals surface area contributed by atoms with Crippen molar-refractivity contribution in [3.05, 3.63) is 58.1 Å². The molecular weight excluding hydrogens is 471 g/mol. The molecule has 2 aromatic carbocycles. The minimum Gasteiger partial charge on any atom is -0.324 e. The van der Waals surface area contributed by atoms with E-state index in [2.05, 4.69) is 5.32 Å².